The summed E-state index contributed by atoms with van der Waals surface area (Å²) < 4.78 is 24.9. The SMILES string of the molecule is COc1cc(/C=N\Nc2ncccc2[N+](=O)[O-])cc(Br)c1OCc1ccc(F)cc1. The van der Waals surface area contributed by atoms with E-state index in [9.17, 15) is 14.5 Å². The Kier molecular flexibility index (Phi) is 6.91. The summed E-state index contributed by atoms with van der Waals surface area (Å²) in [6.07, 6.45) is 2.90. The molecule has 0 saturated heterocycles. The van der Waals surface area contributed by atoms with E-state index in [-0.39, 0.29) is 23.9 Å². The van der Waals surface area contributed by atoms with Gasteiger partial charge in [0.15, 0.2) is 11.5 Å². The molecule has 1 aromatic heterocycles. The van der Waals surface area contributed by atoms with Crippen LogP contribution in [-0.2, 0) is 6.61 Å². The molecule has 3 aromatic rings. The second kappa shape index (κ2) is 9.79. The largest absolute Gasteiger partial charge is 0.493 e. The van der Waals surface area contributed by atoms with Gasteiger partial charge in [-0.2, -0.15) is 5.10 Å². The summed E-state index contributed by atoms with van der Waals surface area (Å²) in [6, 6.07) is 12.3. The van der Waals surface area contributed by atoms with Crippen molar-refractivity contribution in [2.45, 2.75) is 6.61 Å². The molecule has 0 unspecified atom stereocenters. The summed E-state index contributed by atoms with van der Waals surface area (Å²) in [5, 5.41) is 15.0. The van der Waals surface area contributed by atoms with Gasteiger partial charge in [0.05, 0.1) is 22.7 Å². The van der Waals surface area contributed by atoms with Crippen LogP contribution < -0.4 is 14.9 Å². The van der Waals surface area contributed by atoms with E-state index in [1.54, 1.807) is 24.3 Å². The van der Waals surface area contributed by atoms with Gasteiger partial charge in [-0.05, 0) is 57.4 Å². The fraction of sp³-hybridized carbons (Fsp3) is 0.100. The van der Waals surface area contributed by atoms with E-state index in [1.165, 1.54) is 43.8 Å². The van der Waals surface area contributed by atoms with Gasteiger partial charge in [0, 0.05) is 12.3 Å². The fourth-order valence-electron chi connectivity index (χ4n) is 2.49. The van der Waals surface area contributed by atoms with Gasteiger partial charge in [0.2, 0.25) is 5.82 Å². The third kappa shape index (κ3) is 5.29. The van der Waals surface area contributed by atoms with E-state index >= 15 is 0 Å². The van der Waals surface area contributed by atoms with Gasteiger partial charge in [-0.3, -0.25) is 15.5 Å². The molecule has 0 aliphatic heterocycles. The van der Waals surface area contributed by atoms with Crippen molar-refractivity contribution >= 4 is 33.6 Å². The second-order valence-corrected chi connectivity index (χ2v) is 6.80. The van der Waals surface area contributed by atoms with Crippen LogP contribution in [0.1, 0.15) is 11.1 Å². The minimum Gasteiger partial charge on any atom is -0.493 e. The smallest absolute Gasteiger partial charge is 0.313 e. The Hall–Kier alpha value is -3.53. The van der Waals surface area contributed by atoms with Crippen molar-refractivity contribution in [1.29, 1.82) is 0 Å². The molecule has 0 radical (unpaired) electrons. The lowest BCUT2D eigenvalue weighted by Gasteiger charge is -2.13. The van der Waals surface area contributed by atoms with Gasteiger partial charge in [0.1, 0.15) is 12.4 Å². The van der Waals surface area contributed by atoms with Gasteiger partial charge in [-0.15, -0.1) is 0 Å². The van der Waals surface area contributed by atoms with E-state index in [0.717, 1.165) is 5.56 Å². The summed E-state index contributed by atoms with van der Waals surface area (Å²) in [6.45, 7) is 0.230. The zero-order valence-electron chi connectivity index (χ0n) is 15.7. The predicted octanol–water partition coefficient (Wildman–Crippen LogP) is 4.93. The Morgan fingerprint density at radius 1 is 1.30 bits per heavy atom. The van der Waals surface area contributed by atoms with Crippen molar-refractivity contribution in [3.63, 3.8) is 0 Å². The fourth-order valence-corrected chi connectivity index (χ4v) is 3.06. The van der Waals surface area contributed by atoms with Crippen LogP contribution in [0, 0.1) is 15.9 Å². The second-order valence-electron chi connectivity index (χ2n) is 5.95. The molecule has 0 bridgehead atoms. The first-order chi connectivity index (χ1) is 14.5. The van der Waals surface area contributed by atoms with E-state index in [2.05, 4.69) is 31.4 Å². The van der Waals surface area contributed by atoms with Crippen LogP contribution in [0.15, 0.2) is 64.3 Å². The quantitative estimate of drug-likeness (QED) is 0.282. The number of hydrazone groups is 1. The first-order valence-electron chi connectivity index (χ1n) is 8.61. The van der Waals surface area contributed by atoms with E-state index in [4.69, 9.17) is 9.47 Å². The van der Waals surface area contributed by atoms with Crippen LogP contribution in [0.3, 0.4) is 0 Å². The molecule has 2 aromatic carbocycles. The average molecular weight is 475 g/mol. The topological polar surface area (TPSA) is 98.9 Å². The van der Waals surface area contributed by atoms with E-state index < -0.39 is 4.92 Å². The zero-order valence-corrected chi connectivity index (χ0v) is 17.3. The summed E-state index contributed by atoms with van der Waals surface area (Å²) in [5.74, 6) is 0.652. The number of hydrogen-bond acceptors (Lipinski definition) is 7. The van der Waals surface area contributed by atoms with Gasteiger partial charge in [0.25, 0.3) is 0 Å². The number of pyridine rings is 1. The Balaban J connectivity index is 1.74. The monoisotopic (exact) mass is 474 g/mol. The predicted molar refractivity (Wildman–Crippen MR) is 114 cm³/mol. The number of benzene rings is 2. The molecule has 0 saturated carbocycles. The first-order valence-corrected chi connectivity index (χ1v) is 9.40. The number of rotatable bonds is 8. The van der Waals surface area contributed by atoms with Crippen molar-refractivity contribution in [2.24, 2.45) is 5.10 Å². The highest BCUT2D eigenvalue weighted by atomic mass is 79.9. The van der Waals surface area contributed by atoms with Crippen LogP contribution >= 0.6 is 15.9 Å². The molecule has 0 fully saturated rings. The normalized spacial score (nSPS) is 10.8. The van der Waals surface area contributed by atoms with E-state index in [1.807, 2.05) is 0 Å². The van der Waals surface area contributed by atoms with Crippen LogP contribution in [0.2, 0.25) is 0 Å². The van der Waals surface area contributed by atoms with Gasteiger partial charge >= 0.3 is 5.69 Å². The van der Waals surface area contributed by atoms with Gasteiger partial charge < -0.3 is 9.47 Å². The molecule has 3 rings (SSSR count). The maximum absolute atomic E-state index is 13.0. The number of nitro groups is 1. The minimum atomic E-state index is -0.544. The highest BCUT2D eigenvalue weighted by Gasteiger charge is 2.14. The molecule has 8 nitrogen and oxygen atoms in total. The Bertz CT molecular complexity index is 1080. The van der Waals surface area contributed by atoms with Crippen LogP contribution in [0.4, 0.5) is 15.9 Å². The highest BCUT2D eigenvalue weighted by molar-refractivity contribution is 9.10. The molecule has 1 N–H and O–H groups in total. The molecule has 0 amide bonds. The molecular weight excluding hydrogens is 459 g/mol. The van der Waals surface area contributed by atoms with Crippen molar-refractivity contribution in [3.05, 3.63) is 86.3 Å². The number of methoxy groups -OCH3 is 1. The number of anilines is 1. The van der Waals surface area contributed by atoms with Crippen molar-refractivity contribution in [3.8, 4) is 11.5 Å². The lowest BCUT2D eigenvalue weighted by molar-refractivity contribution is -0.384. The molecule has 10 heteroatoms. The molecule has 0 aliphatic carbocycles. The first kappa shape index (κ1) is 21.2. The van der Waals surface area contributed by atoms with Crippen molar-refractivity contribution in [2.75, 3.05) is 12.5 Å². The number of nitrogens with one attached hydrogen (secondary N) is 1. The van der Waals surface area contributed by atoms with Gasteiger partial charge in [-0.1, -0.05) is 12.1 Å². The van der Waals surface area contributed by atoms with Crippen molar-refractivity contribution < 1.29 is 18.8 Å². The summed E-state index contributed by atoms with van der Waals surface area (Å²) in [7, 11) is 1.50. The van der Waals surface area contributed by atoms with Crippen LogP contribution in [0.25, 0.3) is 0 Å². The number of hydrogen-bond donors (Lipinski definition) is 1. The Labute approximate surface area is 179 Å². The molecule has 0 spiro atoms. The summed E-state index contributed by atoms with van der Waals surface area (Å²) in [4.78, 5) is 14.4. The lowest BCUT2D eigenvalue weighted by Crippen LogP contribution is -2.01. The highest BCUT2D eigenvalue weighted by Crippen LogP contribution is 2.37. The number of halogens is 2. The molecule has 30 heavy (non-hydrogen) atoms. The molecule has 154 valence electrons. The third-order valence-corrected chi connectivity index (χ3v) is 4.50. The van der Waals surface area contributed by atoms with E-state index in [0.29, 0.717) is 21.5 Å². The number of aromatic nitrogens is 1. The molecule has 0 atom stereocenters. The zero-order chi connectivity index (χ0) is 21.5. The number of nitrogens with zero attached hydrogens (tertiary/aromatic N) is 3. The summed E-state index contributed by atoms with van der Waals surface area (Å²) >= 11 is 3.44. The van der Waals surface area contributed by atoms with Crippen LogP contribution in [-0.4, -0.2) is 23.2 Å². The lowest BCUT2D eigenvalue weighted by atomic mass is 10.2. The number of ether oxygens (including phenoxy) is 2. The van der Waals surface area contributed by atoms with Crippen LogP contribution in [0.5, 0.6) is 11.5 Å². The van der Waals surface area contributed by atoms with Crippen molar-refractivity contribution in [1.82, 2.24) is 4.98 Å². The minimum absolute atomic E-state index is 0.0315. The maximum atomic E-state index is 13.0. The molecule has 0 aliphatic rings. The third-order valence-electron chi connectivity index (χ3n) is 3.92. The summed E-state index contributed by atoms with van der Waals surface area (Å²) in [5.41, 5.74) is 3.84. The molecular formula is C20H16BrFN4O4. The Morgan fingerprint density at radius 3 is 2.77 bits per heavy atom. The molecule has 1 heterocycles. The van der Waals surface area contributed by atoms with Gasteiger partial charge in [-0.25, -0.2) is 9.37 Å². The maximum Gasteiger partial charge on any atom is 0.313 e. The average Bonchev–Trinajstić information content (AvgIpc) is 2.74. The standard InChI is InChI=1S/C20H16BrFN4O4/c1-29-18-10-14(11-24-25-20-17(26(27)28)3-2-8-23-20)9-16(21)19(18)30-12-13-4-6-15(22)7-5-13/h2-11H,12H2,1H3,(H,23,25)/b24-11-. The Morgan fingerprint density at radius 2 is 2.07 bits per heavy atom.